The van der Waals surface area contributed by atoms with Crippen molar-refractivity contribution in [2.45, 2.75) is 58.1 Å². The molecule has 36 heavy (non-hydrogen) atoms. The highest BCUT2D eigenvalue weighted by Crippen LogP contribution is 2.34. The number of pyridine rings is 1. The van der Waals surface area contributed by atoms with Gasteiger partial charge in [0.15, 0.2) is 0 Å². The maximum atomic E-state index is 13.5. The minimum Gasteiger partial charge on any atom is -0.494 e. The first-order chi connectivity index (χ1) is 17.1. The molecule has 1 aliphatic carbocycles. The van der Waals surface area contributed by atoms with Crippen LogP contribution in [0.25, 0.3) is 10.9 Å². The van der Waals surface area contributed by atoms with E-state index in [-0.39, 0.29) is 23.8 Å². The number of rotatable bonds is 6. The van der Waals surface area contributed by atoms with Crippen molar-refractivity contribution in [1.82, 2.24) is 10.3 Å². The standard InChI is InChI=1S/C28H32ClN3O4/c1-28(2,3)36-27(34)17-11-13-19(14-12-17)32-26(33)22-16-30-25-21(9-6-10-23(25)35-4)24(22)31-20-8-5-7-18(29)15-20/h5-10,15-17,19H,11-14H2,1-4H3,(H,30,31)(H,32,33). The summed E-state index contributed by atoms with van der Waals surface area (Å²) in [5.74, 6) is 0.103. The lowest BCUT2D eigenvalue weighted by Crippen LogP contribution is -2.40. The molecule has 1 fully saturated rings. The van der Waals surface area contributed by atoms with Crippen molar-refractivity contribution in [3.8, 4) is 5.75 Å². The molecule has 0 unspecified atom stereocenters. The molecular formula is C28H32ClN3O4. The highest BCUT2D eigenvalue weighted by molar-refractivity contribution is 6.30. The Hall–Kier alpha value is -3.32. The summed E-state index contributed by atoms with van der Waals surface area (Å²) in [4.78, 5) is 30.4. The van der Waals surface area contributed by atoms with Gasteiger partial charge in [0.2, 0.25) is 0 Å². The number of nitrogens with zero attached hydrogens (tertiary/aromatic N) is 1. The minimum absolute atomic E-state index is 0.0313. The Kier molecular flexibility index (Phi) is 7.69. The number of halogens is 1. The van der Waals surface area contributed by atoms with Crippen LogP contribution in [0.3, 0.4) is 0 Å². The SMILES string of the molecule is COc1cccc2c(Nc3cccc(Cl)c3)c(C(=O)NC3CCC(C(=O)OC(C)(C)C)CC3)cnc12. The van der Waals surface area contributed by atoms with Gasteiger partial charge in [-0.25, -0.2) is 0 Å². The van der Waals surface area contributed by atoms with E-state index in [0.717, 1.165) is 11.1 Å². The zero-order valence-corrected chi connectivity index (χ0v) is 21.8. The van der Waals surface area contributed by atoms with Gasteiger partial charge in [-0.2, -0.15) is 0 Å². The molecule has 190 valence electrons. The van der Waals surface area contributed by atoms with Crippen molar-refractivity contribution in [2.24, 2.45) is 5.92 Å². The third-order valence-corrected chi connectivity index (χ3v) is 6.46. The first kappa shape index (κ1) is 25.8. The minimum atomic E-state index is -0.500. The highest BCUT2D eigenvalue weighted by atomic mass is 35.5. The molecule has 8 heteroatoms. The molecule has 1 saturated carbocycles. The van der Waals surface area contributed by atoms with Gasteiger partial charge in [0, 0.05) is 28.3 Å². The van der Waals surface area contributed by atoms with E-state index in [0.29, 0.717) is 53.2 Å². The zero-order valence-electron chi connectivity index (χ0n) is 21.1. The number of esters is 1. The van der Waals surface area contributed by atoms with Gasteiger partial charge in [0.05, 0.1) is 24.3 Å². The highest BCUT2D eigenvalue weighted by Gasteiger charge is 2.31. The van der Waals surface area contributed by atoms with Crippen LogP contribution in [0, 0.1) is 5.92 Å². The molecular weight excluding hydrogens is 478 g/mol. The maximum absolute atomic E-state index is 13.5. The van der Waals surface area contributed by atoms with Crippen molar-refractivity contribution in [3.05, 3.63) is 59.2 Å². The number of nitrogens with one attached hydrogen (secondary N) is 2. The summed E-state index contributed by atoms with van der Waals surface area (Å²) in [6, 6.07) is 12.9. The molecule has 7 nitrogen and oxygen atoms in total. The summed E-state index contributed by atoms with van der Waals surface area (Å²) in [6.45, 7) is 5.62. The largest absolute Gasteiger partial charge is 0.494 e. The Bertz CT molecular complexity index is 1260. The van der Waals surface area contributed by atoms with E-state index in [4.69, 9.17) is 21.1 Å². The number of hydrogen-bond donors (Lipinski definition) is 2. The van der Waals surface area contributed by atoms with E-state index in [1.165, 1.54) is 0 Å². The number of para-hydroxylation sites is 1. The molecule has 1 amide bonds. The lowest BCUT2D eigenvalue weighted by Gasteiger charge is -2.30. The molecule has 0 radical (unpaired) electrons. The fraction of sp³-hybridized carbons (Fsp3) is 0.393. The summed E-state index contributed by atoms with van der Waals surface area (Å²) >= 11 is 6.19. The fourth-order valence-electron chi connectivity index (χ4n) is 4.50. The van der Waals surface area contributed by atoms with E-state index in [1.807, 2.05) is 51.1 Å². The van der Waals surface area contributed by atoms with Crippen molar-refractivity contribution in [2.75, 3.05) is 12.4 Å². The molecule has 2 aromatic carbocycles. The number of carbonyl (C=O) groups excluding carboxylic acids is 2. The van der Waals surface area contributed by atoms with Gasteiger partial charge in [-0.05, 0) is 70.7 Å². The van der Waals surface area contributed by atoms with Gasteiger partial charge in [-0.1, -0.05) is 29.8 Å². The average Bonchev–Trinajstić information content (AvgIpc) is 2.83. The summed E-state index contributed by atoms with van der Waals surface area (Å²) in [5.41, 5.74) is 1.95. The van der Waals surface area contributed by atoms with Gasteiger partial charge in [-0.15, -0.1) is 0 Å². The van der Waals surface area contributed by atoms with E-state index in [2.05, 4.69) is 15.6 Å². The van der Waals surface area contributed by atoms with Crippen molar-refractivity contribution in [1.29, 1.82) is 0 Å². The molecule has 0 saturated heterocycles. The van der Waals surface area contributed by atoms with E-state index >= 15 is 0 Å². The number of benzene rings is 2. The lowest BCUT2D eigenvalue weighted by atomic mass is 9.86. The zero-order chi connectivity index (χ0) is 25.9. The van der Waals surface area contributed by atoms with Crippen molar-refractivity contribution in [3.63, 3.8) is 0 Å². The number of amides is 1. The summed E-state index contributed by atoms with van der Waals surface area (Å²) < 4.78 is 11.0. The molecule has 0 atom stereocenters. The van der Waals surface area contributed by atoms with Gasteiger partial charge >= 0.3 is 5.97 Å². The van der Waals surface area contributed by atoms with E-state index in [9.17, 15) is 9.59 Å². The number of aromatic nitrogens is 1. The van der Waals surface area contributed by atoms with Gasteiger partial charge in [0.1, 0.15) is 16.9 Å². The second-order valence-electron chi connectivity index (χ2n) is 10.1. The van der Waals surface area contributed by atoms with E-state index < -0.39 is 5.60 Å². The van der Waals surface area contributed by atoms with Crippen LogP contribution in [-0.4, -0.2) is 35.6 Å². The van der Waals surface area contributed by atoms with Crippen LogP contribution in [0.4, 0.5) is 11.4 Å². The second-order valence-corrected chi connectivity index (χ2v) is 10.5. The third kappa shape index (κ3) is 6.08. The first-order valence-electron chi connectivity index (χ1n) is 12.2. The Morgan fingerprint density at radius 3 is 2.44 bits per heavy atom. The number of ether oxygens (including phenoxy) is 2. The maximum Gasteiger partial charge on any atom is 0.309 e. The van der Waals surface area contributed by atoms with Crippen LogP contribution in [0.5, 0.6) is 5.75 Å². The van der Waals surface area contributed by atoms with Crippen LogP contribution in [0.1, 0.15) is 56.8 Å². The molecule has 2 N–H and O–H groups in total. The second kappa shape index (κ2) is 10.7. The van der Waals surface area contributed by atoms with E-state index in [1.54, 1.807) is 25.4 Å². The summed E-state index contributed by atoms with van der Waals surface area (Å²) in [6.07, 6.45) is 4.35. The number of hydrogen-bond acceptors (Lipinski definition) is 6. The van der Waals surface area contributed by atoms with Gasteiger partial charge in [-0.3, -0.25) is 14.6 Å². The molecule has 1 aromatic heterocycles. The Balaban J connectivity index is 1.55. The predicted molar refractivity (Wildman–Crippen MR) is 142 cm³/mol. The van der Waals surface area contributed by atoms with Crippen LogP contribution in [-0.2, 0) is 9.53 Å². The quantitative estimate of drug-likeness (QED) is 0.380. The Labute approximate surface area is 216 Å². The molecule has 0 spiro atoms. The summed E-state index contributed by atoms with van der Waals surface area (Å²) in [5, 5.41) is 7.86. The molecule has 4 rings (SSSR count). The number of anilines is 2. The Morgan fingerprint density at radius 1 is 1.06 bits per heavy atom. The number of fused-ring (bicyclic) bond motifs is 1. The molecule has 3 aromatic rings. The molecule has 0 bridgehead atoms. The van der Waals surface area contributed by atoms with Crippen LogP contribution in [0.15, 0.2) is 48.7 Å². The third-order valence-electron chi connectivity index (χ3n) is 6.22. The van der Waals surface area contributed by atoms with Crippen molar-refractivity contribution < 1.29 is 19.1 Å². The fourth-order valence-corrected chi connectivity index (χ4v) is 4.69. The smallest absolute Gasteiger partial charge is 0.309 e. The average molecular weight is 510 g/mol. The normalized spacial score (nSPS) is 17.9. The van der Waals surface area contributed by atoms with Crippen molar-refractivity contribution >= 4 is 45.8 Å². The van der Waals surface area contributed by atoms with Crippen LogP contribution >= 0.6 is 11.6 Å². The molecule has 0 aliphatic heterocycles. The predicted octanol–water partition coefficient (Wildman–Crippen LogP) is 6.27. The van der Waals surface area contributed by atoms with Crippen LogP contribution in [0.2, 0.25) is 5.02 Å². The van der Waals surface area contributed by atoms with Gasteiger partial charge < -0.3 is 20.1 Å². The molecule has 1 heterocycles. The Morgan fingerprint density at radius 2 is 1.78 bits per heavy atom. The first-order valence-corrected chi connectivity index (χ1v) is 12.5. The number of carbonyl (C=O) groups is 2. The molecule has 1 aliphatic rings. The summed E-state index contributed by atoms with van der Waals surface area (Å²) in [7, 11) is 1.59. The lowest BCUT2D eigenvalue weighted by molar-refractivity contribution is -0.161. The van der Waals surface area contributed by atoms with Gasteiger partial charge in [0.25, 0.3) is 5.91 Å². The van der Waals surface area contributed by atoms with Crippen LogP contribution < -0.4 is 15.4 Å². The topological polar surface area (TPSA) is 89.6 Å². The number of methoxy groups -OCH3 is 1. The monoisotopic (exact) mass is 509 g/mol.